The lowest BCUT2D eigenvalue weighted by atomic mass is 10.2. The van der Waals surface area contributed by atoms with E-state index >= 15 is 0 Å². The summed E-state index contributed by atoms with van der Waals surface area (Å²) in [6.07, 6.45) is 0. The Kier molecular flexibility index (Phi) is 5.26. The van der Waals surface area contributed by atoms with Crippen LogP contribution in [-0.2, 0) is 11.3 Å². The predicted octanol–water partition coefficient (Wildman–Crippen LogP) is 0.339. The number of hydrogen-bond acceptors (Lipinski definition) is 7. The Morgan fingerprint density at radius 1 is 1.33 bits per heavy atom. The maximum Gasteiger partial charge on any atom is 0.258 e. The number of nitrogen functional groups attached to an aromatic ring is 2. The van der Waals surface area contributed by atoms with E-state index in [9.17, 15) is 4.79 Å². The van der Waals surface area contributed by atoms with Crippen molar-refractivity contribution >= 4 is 35.2 Å². The van der Waals surface area contributed by atoms with Crippen LogP contribution in [0.15, 0.2) is 29.4 Å². The normalized spacial score (nSPS) is 10.4. The van der Waals surface area contributed by atoms with Gasteiger partial charge in [-0.05, 0) is 17.7 Å². The second-order valence-electron chi connectivity index (χ2n) is 4.01. The van der Waals surface area contributed by atoms with Gasteiger partial charge in [0, 0.05) is 11.6 Å². The van der Waals surface area contributed by atoms with Crippen molar-refractivity contribution < 1.29 is 4.79 Å². The molecule has 1 amide bonds. The lowest BCUT2D eigenvalue weighted by Gasteiger charge is -2.05. The van der Waals surface area contributed by atoms with Gasteiger partial charge in [0.1, 0.15) is 0 Å². The van der Waals surface area contributed by atoms with Gasteiger partial charge in [-0.2, -0.15) is 0 Å². The first-order chi connectivity index (χ1) is 10.1. The molecule has 0 aliphatic rings. The van der Waals surface area contributed by atoms with Crippen LogP contribution in [0.25, 0.3) is 0 Å². The van der Waals surface area contributed by atoms with Gasteiger partial charge in [-0.25, -0.2) is 10.5 Å². The van der Waals surface area contributed by atoms with E-state index in [2.05, 4.69) is 20.9 Å². The minimum Gasteiger partial charge on any atom is -0.351 e. The number of thioether (sulfide) groups is 1. The minimum atomic E-state index is -0.139. The maximum atomic E-state index is 11.7. The van der Waals surface area contributed by atoms with E-state index in [-0.39, 0.29) is 17.6 Å². The van der Waals surface area contributed by atoms with Crippen LogP contribution < -0.4 is 22.4 Å². The van der Waals surface area contributed by atoms with Gasteiger partial charge in [-0.3, -0.25) is 10.2 Å². The Hall–Kier alpha value is -1.97. The molecule has 2 rings (SSSR count). The van der Waals surface area contributed by atoms with Crippen LogP contribution in [0.3, 0.4) is 0 Å². The van der Waals surface area contributed by atoms with Gasteiger partial charge in [0.2, 0.25) is 11.1 Å². The molecule has 0 atom stereocenters. The fraction of sp³-hybridized carbons (Fsp3) is 0.182. The zero-order valence-electron chi connectivity index (χ0n) is 10.9. The maximum absolute atomic E-state index is 11.7. The van der Waals surface area contributed by atoms with Crippen LogP contribution in [0.1, 0.15) is 5.56 Å². The Morgan fingerprint density at radius 3 is 2.67 bits per heavy atom. The summed E-state index contributed by atoms with van der Waals surface area (Å²) in [5.41, 5.74) is 3.26. The molecule has 1 heterocycles. The van der Waals surface area contributed by atoms with Crippen molar-refractivity contribution in [2.75, 3.05) is 17.0 Å². The van der Waals surface area contributed by atoms with Gasteiger partial charge in [-0.1, -0.05) is 35.5 Å². The largest absolute Gasteiger partial charge is 0.351 e. The summed E-state index contributed by atoms with van der Waals surface area (Å²) >= 11 is 6.95. The monoisotopic (exact) mass is 327 g/mol. The molecule has 0 fully saturated rings. The number of nitrogens with one attached hydrogen (secondary N) is 2. The van der Waals surface area contributed by atoms with E-state index in [0.29, 0.717) is 16.7 Å². The predicted molar refractivity (Wildman–Crippen MR) is 82.0 cm³/mol. The van der Waals surface area contributed by atoms with E-state index in [1.807, 2.05) is 12.1 Å². The zero-order chi connectivity index (χ0) is 15.2. The summed E-state index contributed by atoms with van der Waals surface area (Å²) in [7, 11) is 0. The van der Waals surface area contributed by atoms with Gasteiger partial charge < -0.3 is 11.2 Å². The Balaban J connectivity index is 1.79. The second kappa shape index (κ2) is 7.16. The molecule has 10 heteroatoms. The van der Waals surface area contributed by atoms with Crippen molar-refractivity contribution in [3.05, 3.63) is 34.9 Å². The number of carbonyl (C=O) groups excluding carboxylic acids is 1. The quantitative estimate of drug-likeness (QED) is 0.342. The average molecular weight is 328 g/mol. The molecule has 0 radical (unpaired) electrons. The lowest BCUT2D eigenvalue weighted by molar-refractivity contribution is -0.118. The molecule has 0 bridgehead atoms. The number of hydrogen-bond donors (Lipinski definition) is 4. The molecule has 112 valence electrons. The highest BCUT2D eigenvalue weighted by molar-refractivity contribution is 7.99. The van der Waals surface area contributed by atoms with E-state index in [1.165, 1.54) is 4.68 Å². The van der Waals surface area contributed by atoms with E-state index in [1.54, 1.807) is 12.1 Å². The number of carbonyl (C=O) groups is 1. The third kappa shape index (κ3) is 4.25. The second-order valence-corrected chi connectivity index (χ2v) is 5.39. The number of hydrazine groups is 1. The molecule has 21 heavy (non-hydrogen) atoms. The SMILES string of the molecule is NNc1nnc(SCC(=O)NCc2ccc(Cl)cc2)n1N. The molecule has 1 aromatic carbocycles. The summed E-state index contributed by atoms with van der Waals surface area (Å²) < 4.78 is 1.18. The number of anilines is 1. The number of rotatable bonds is 6. The van der Waals surface area contributed by atoms with Crippen molar-refractivity contribution in [1.29, 1.82) is 0 Å². The van der Waals surface area contributed by atoms with Crippen LogP contribution >= 0.6 is 23.4 Å². The summed E-state index contributed by atoms with van der Waals surface area (Å²) in [5, 5.41) is 11.3. The lowest BCUT2D eigenvalue weighted by Crippen LogP contribution is -2.25. The molecule has 0 saturated carbocycles. The van der Waals surface area contributed by atoms with Crippen molar-refractivity contribution in [2.24, 2.45) is 5.84 Å². The number of benzene rings is 1. The molecule has 6 N–H and O–H groups in total. The molecular weight excluding hydrogens is 314 g/mol. The number of nitrogens with two attached hydrogens (primary N) is 2. The van der Waals surface area contributed by atoms with Crippen molar-refractivity contribution in [1.82, 2.24) is 20.2 Å². The molecule has 0 saturated heterocycles. The Morgan fingerprint density at radius 2 is 2.05 bits per heavy atom. The topological polar surface area (TPSA) is 124 Å². The summed E-state index contributed by atoms with van der Waals surface area (Å²) in [6.45, 7) is 0.432. The first-order valence-corrected chi connectivity index (χ1v) is 7.27. The van der Waals surface area contributed by atoms with Crippen LogP contribution in [-0.4, -0.2) is 26.5 Å². The number of halogens is 1. The van der Waals surface area contributed by atoms with Crippen LogP contribution in [0.2, 0.25) is 5.02 Å². The van der Waals surface area contributed by atoms with Gasteiger partial charge in [0.15, 0.2) is 0 Å². The zero-order valence-corrected chi connectivity index (χ0v) is 12.5. The number of aromatic nitrogens is 3. The van der Waals surface area contributed by atoms with Gasteiger partial charge in [-0.15, -0.1) is 10.2 Å². The molecule has 0 aliphatic heterocycles. The van der Waals surface area contributed by atoms with Crippen molar-refractivity contribution in [2.45, 2.75) is 11.7 Å². The summed E-state index contributed by atoms with van der Waals surface area (Å²) in [5.74, 6) is 11.1. The smallest absolute Gasteiger partial charge is 0.258 e. The molecule has 2 aromatic rings. The molecule has 0 aliphatic carbocycles. The molecular formula is C11H14ClN7OS. The molecule has 8 nitrogen and oxygen atoms in total. The Labute approximate surface area is 130 Å². The van der Waals surface area contributed by atoms with Gasteiger partial charge >= 0.3 is 0 Å². The average Bonchev–Trinajstić information content (AvgIpc) is 2.85. The van der Waals surface area contributed by atoms with E-state index in [0.717, 1.165) is 17.3 Å². The fourth-order valence-electron chi connectivity index (χ4n) is 1.46. The summed E-state index contributed by atoms with van der Waals surface area (Å²) in [4.78, 5) is 11.7. The first-order valence-electron chi connectivity index (χ1n) is 5.91. The standard InChI is InChI=1S/C11H14ClN7OS/c12-8-3-1-7(2-4-8)5-15-9(20)6-21-11-18-17-10(16-13)19(11)14/h1-4H,5-6,13-14H2,(H,15,20)(H,16,17). The molecule has 1 aromatic heterocycles. The van der Waals surface area contributed by atoms with Crippen LogP contribution in [0, 0.1) is 0 Å². The molecule has 0 spiro atoms. The van der Waals surface area contributed by atoms with Gasteiger partial charge in [0.05, 0.1) is 5.75 Å². The third-order valence-corrected chi connectivity index (χ3v) is 3.72. The van der Waals surface area contributed by atoms with Crippen molar-refractivity contribution in [3.8, 4) is 0 Å². The molecule has 0 unspecified atom stereocenters. The highest BCUT2D eigenvalue weighted by Gasteiger charge is 2.11. The van der Waals surface area contributed by atoms with Crippen molar-refractivity contribution in [3.63, 3.8) is 0 Å². The Bertz CT molecular complexity index is 616. The highest BCUT2D eigenvalue weighted by Crippen LogP contribution is 2.15. The summed E-state index contributed by atoms with van der Waals surface area (Å²) in [6, 6.07) is 7.25. The fourth-order valence-corrected chi connectivity index (χ4v) is 2.27. The minimum absolute atomic E-state index is 0.139. The van der Waals surface area contributed by atoms with Gasteiger partial charge in [0.25, 0.3) is 5.95 Å². The van der Waals surface area contributed by atoms with E-state index < -0.39 is 0 Å². The number of nitrogens with zero attached hydrogens (tertiary/aromatic N) is 3. The highest BCUT2D eigenvalue weighted by atomic mass is 35.5. The van der Waals surface area contributed by atoms with Crippen LogP contribution in [0.5, 0.6) is 0 Å². The van der Waals surface area contributed by atoms with E-state index in [4.69, 9.17) is 23.3 Å². The van der Waals surface area contributed by atoms with Crippen LogP contribution in [0.4, 0.5) is 5.95 Å². The number of amides is 1. The first kappa shape index (κ1) is 15.4. The third-order valence-electron chi connectivity index (χ3n) is 2.53.